The van der Waals surface area contributed by atoms with Crippen molar-refractivity contribution in [2.24, 2.45) is 4.99 Å². The molecule has 0 spiro atoms. The van der Waals surface area contributed by atoms with Crippen molar-refractivity contribution < 1.29 is 14.3 Å². The molecule has 1 aromatic carbocycles. The standard InChI is InChI=1S/C27H31N7O3/c1-3-20(28-4-2)22-9-10-29-27(32-22)30-19-7-8-21-18(16-19)17-23(31-21)25(35)33-11-13-34(14-12-33)26(36)24-6-5-15-37-24/h3-4,7-10,16-17,24,31H,5-6,11-15H2,1-2H3,(H,29,30,32)/b20-3-,28-4?. The van der Waals surface area contributed by atoms with Crippen LogP contribution >= 0.6 is 0 Å². The van der Waals surface area contributed by atoms with Crippen molar-refractivity contribution >= 4 is 46.3 Å². The average Bonchev–Trinajstić information content (AvgIpc) is 3.61. The van der Waals surface area contributed by atoms with Gasteiger partial charge in [0.1, 0.15) is 11.8 Å². The van der Waals surface area contributed by atoms with Crippen LogP contribution in [0.4, 0.5) is 11.6 Å². The number of fused-ring (bicyclic) bond motifs is 1. The number of benzene rings is 1. The predicted octanol–water partition coefficient (Wildman–Crippen LogP) is 3.62. The number of H-pyrrole nitrogens is 1. The van der Waals surface area contributed by atoms with Gasteiger partial charge in [0.25, 0.3) is 11.8 Å². The van der Waals surface area contributed by atoms with Crippen molar-refractivity contribution in [3.8, 4) is 0 Å². The summed E-state index contributed by atoms with van der Waals surface area (Å²) in [5.41, 5.74) is 3.70. The molecular weight excluding hydrogens is 470 g/mol. The zero-order valence-corrected chi connectivity index (χ0v) is 21.1. The van der Waals surface area contributed by atoms with Crippen LogP contribution in [-0.2, 0) is 9.53 Å². The number of ether oxygens (including phenoxy) is 1. The second kappa shape index (κ2) is 10.9. The normalized spacial score (nSPS) is 18.6. The fourth-order valence-electron chi connectivity index (χ4n) is 4.72. The number of nitrogens with zero attached hydrogens (tertiary/aromatic N) is 5. The van der Waals surface area contributed by atoms with E-state index in [0.717, 1.165) is 40.8 Å². The van der Waals surface area contributed by atoms with Crippen LogP contribution in [0.25, 0.3) is 16.6 Å². The lowest BCUT2D eigenvalue weighted by molar-refractivity contribution is -0.142. The molecular formula is C27H31N7O3. The molecule has 2 aromatic heterocycles. The summed E-state index contributed by atoms with van der Waals surface area (Å²) in [4.78, 5) is 45.8. The molecule has 192 valence electrons. The SMILES string of the molecule is CC=N/C(=C\C)c1ccnc(Nc2ccc3[nH]c(C(=O)N4CCN(C(=O)C5CCCO5)CC4)cc3c2)n1. The van der Waals surface area contributed by atoms with E-state index in [1.165, 1.54) is 0 Å². The molecule has 2 fully saturated rings. The number of aromatic amines is 1. The van der Waals surface area contributed by atoms with E-state index < -0.39 is 0 Å². The third-order valence-corrected chi connectivity index (χ3v) is 6.65. The molecule has 0 bridgehead atoms. The first-order valence-corrected chi connectivity index (χ1v) is 12.6. The van der Waals surface area contributed by atoms with E-state index >= 15 is 0 Å². The summed E-state index contributed by atoms with van der Waals surface area (Å²) in [5.74, 6) is 0.441. The molecule has 10 heteroatoms. The summed E-state index contributed by atoms with van der Waals surface area (Å²) < 4.78 is 5.53. The topological polar surface area (TPSA) is 116 Å². The molecule has 2 N–H and O–H groups in total. The highest BCUT2D eigenvalue weighted by atomic mass is 16.5. The molecule has 1 atom stereocenters. The largest absolute Gasteiger partial charge is 0.368 e. The molecule has 5 rings (SSSR count). The van der Waals surface area contributed by atoms with Crippen LogP contribution in [0, 0.1) is 0 Å². The zero-order chi connectivity index (χ0) is 25.8. The quantitative estimate of drug-likeness (QED) is 0.499. The smallest absolute Gasteiger partial charge is 0.270 e. The maximum atomic E-state index is 13.2. The molecule has 0 radical (unpaired) electrons. The Kier molecular flexibility index (Phi) is 7.27. The third-order valence-electron chi connectivity index (χ3n) is 6.65. The zero-order valence-electron chi connectivity index (χ0n) is 21.1. The predicted molar refractivity (Wildman–Crippen MR) is 143 cm³/mol. The van der Waals surface area contributed by atoms with Crippen LogP contribution in [0.15, 0.2) is 47.6 Å². The molecule has 0 saturated carbocycles. The van der Waals surface area contributed by atoms with Crippen molar-refractivity contribution in [3.05, 3.63) is 54.0 Å². The van der Waals surface area contributed by atoms with Gasteiger partial charge in [-0.25, -0.2) is 9.97 Å². The molecule has 3 aromatic rings. The molecule has 2 amide bonds. The van der Waals surface area contributed by atoms with Crippen molar-refractivity contribution in [1.29, 1.82) is 0 Å². The first kappa shape index (κ1) is 24.6. The maximum absolute atomic E-state index is 13.2. The second-order valence-electron chi connectivity index (χ2n) is 9.06. The Bertz CT molecular complexity index is 1350. The van der Waals surface area contributed by atoms with Gasteiger partial charge in [-0.1, -0.05) is 6.08 Å². The summed E-state index contributed by atoms with van der Waals surface area (Å²) in [7, 11) is 0. The van der Waals surface area contributed by atoms with Crippen molar-refractivity contribution in [3.63, 3.8) is 0 Å². The van der Waals surface area contributed by atoms with Crippen LogP contribution < -0.4 is 5.32 Å². The third kappa shape index (κ3) is 5.39. The van der Waals surface area contributed by atoms with E-state index in [0.29, 0.717) is 44.4 Å². The maximum Gasteiger partial charge on any atom is 0.270 e. The average molecular weight is 502 g/mol. The molecule has 2 saturated heterocycles. The Morgan fingerprint density at radius 1 is 1.14 bits per heavy atom. The van der Waals surface area contributed by atoms with Crippen molar-refractivity contribution in [2.75, 3.05) is 38.1 Å². The molecule has 1 unspecified atom stereocenters. The first-order valence-electron chi connectivity index (χ1n) is 12.6. The summed E-state index contributed by atoms with van der Waals surface area (Å²) in [6.45, 7) is 6.49. The number of anilines is 2. The Morgan fingerprint density at radius 3 is 2.68 bits per heavy atom. The van der Waals surface area contributed by atoms with Crippen LogP contribution in [0.3, 0.4) is 0 Å². The van der Waals surface area contributed by atoms with Gasteiger partial charge in [-0.2, -0.15) is 0 Å². The summed E-state index contributed by atoms with van der Waals surface area (Å²) >= 11 is 0. The lowest BCUT2D eigenvalue weighted by Crippen LogP contribution is -2.52. The number of aromatic nitrogens is 3. The van der Waals surface area contributed by atoms with Crippen molar-refractivity contribution in [2.45, 2.75) is 32.8 Å². The van der Waals surface area contributed by atoms with Crippen LogP contribution in [0.5, 0.6) is 0 Å². The fraction of sp³-hybridized carbons (Fsp3) is 0.370. The van der Waals surface area contributed by atoms with Crippen molar-refractivity contribution in [1.82, 2.24) is 24.8 Å². The number of hydrogen-bond donors (Lipinski definition) is 2. The van der Waals surface area contributed by atoms with Crippen LogP contribution in [0.1, 0.15) is 42.9 Å². The molecule has 2 aliphatic heterocycles. The minimum atomic E-state index is -0.318. The summed E-state index contributed by atoms with van der Waals surface area (Å²) in [6.07, 6.45) is 6.72. The Labute approximate surface area is 215 Å². The Morgan fingerprint density at radius 2 is 1.95 bits per heavy atom. The lowest BCUT2D eigenvalue weighted by atomic mass is 10.2. The number of allylic oxidation sites excluding steroid dienone is 1. The Hall–Kier alpha value is -4.05. The number of hydrogen-bond acceptors (Lipinski definition) is 7. The van der Waals surface area contributed by atoms with E-state index in [9.17, 15) is 9.59 Å². The van der Waals surface area contributed by atoms with Gasteiger partial charge in [0.05, 0.1) is 11.4 Å². The minimum absolute atomic E-state index is 0.0461. The van der Waals surface area contributed by atoms with Gasteiger partial charge >= 0.3 is 0 Å². The van der Waals surface area contributed by atoms with Gasteiger partial charge in [-0.05, 0) is 57.0 Å². The van der Waals surface area contributed by atoms with E-state index in [2.05, 4.69) is 25.3 Å². The van der Waals surface area contributed by atoms with Crippen LogP contribution in [0.2, 0.25) is 0 Å². The van der Waals surface area contributed by atoms with E-state index in [1.54, 1.807) is 17.3 Å². The fourth-order valence-corrected chi connectivity index (χ4v) is 4.72. The molecule has 0 aliphatic carbocycles. The van der Waals surface area contributed by atoms with Crippen LogP contribution in [-0.4, -0.2) is 81.7 Å². The first-order chi connectivity index (χ1) is 18.1. The minimum Gasteiger partial charge on any atom is -0.368 e. The van der Waals surface area contributed by atoms with Gasteiger partial charge in [0, 0.05) is 61.8 Å². The number of piperazine rings is 1. The number of aliphatic imine (C=N–C) groups is 1. The number of carbonyl (C=O) groups is 2. The highest BCUT2D eigenvalue weighted by Gasteiger charge is 2.31. The molecule has 37 heavy (non-hydrogen) atoms. The van der Waals surface area contributed by atoms with Gasteiger partial charge in [-0.3, -0.25) is 14.6 Å². The van der Waals surface area contributed by atoms with Gasteiger partial charge in [0.15, 0.2) is 0 Å². The highest BCUT2D eigenvalue weighted by molar-refractivity contribution is 5.99. The van der Waals surface area contributed by atoms with Gasteiger partial charge < -0.3 is 24.8 Å². The summed E-state index contributed by atoms with van der Waals surface area (Å²) in [6, 6.07) is 9.48. The van der Waals surface area contributed by atoms with E-state index in [1.807, 2.05) is 55.2 Å². The molecule has 2 aliphatic rings. The molecule has 10 nitrogen and oxygen atoms in total. The van der Waals surface area contributed by atoms with E-state index in [-0.39, 0.29) is 17.9 Å². The van der Waals surface area contributed by atoms with Gasteiger partial charge in [-0.15, -0.1) is 0 Å². The highest BCUT2D eigenvalue weighted by Crippen LogP contribution is 2.24. The second-order valence-corrected chi connectivity index (χ2v) is 9.06. The lowest BCUT2D eigenvalue weighted by Gasteiger charge is -2.35. The summed E-state index contributed by atoms with van der Waals surface area (Å²) in [5, 5.41) is 4.14. The molecule has 4 heterocycles. The van der Waals surface area contributed by atoms with E-state index in [4.69, 9.17) is 4.74 Å². The number of amides is 2. The van der Waals surface area contributed by atoms with Gasteiger partial charge in [0.2, 0.25) is 5.95 Å². The number of carbonyl (C=O) groups excluding carboxylic acids is 2. The number of nitrogens with one attached hydrogen (secondary N) is 2. The monoisotopic (exact) mass is 501 g/mol. The Balaban J connectivity index is 1.25. The number of rotatable bonds is 6.